The third kappa shape index (κ3) is 2.74. The molecule has 1 saturated carbocycles. The van der Waals surface area contributed by atoms with E-state index in [2.05, 4.69) is 76.2 Å². The minimum absolute atomic E-state index is 0.0259. The van der Waals surface area contributed by atoms with Crippen LogP contribution in [0.5, 0.6) is 0 Å². The second kappa shape index (κ2) is 5.83. The number of carbonyl (C=O) groups is 1. The van der Waals surface area contributed by atoms with Crippen molar-refractivity contribution in [1.29, 1.82) is 0 Å². The van der Waals surface area contributed by atoms with E-state index in [0.717, 1.165) is 21.0 Å². The first-order valence-electron chi connectivity index (χ1n) is 8.40. The molecule has 3 aromatic rings. The van der Waals surface area contributed by atoms with Gasteiger partial charge in [-0.1, -0.05) is 44.2 Å². The van der Waals surface area contributed by atoms with Gasteiger partial charge < -0.3 is 5.32 Å². The molecule has 25 heavy (non-hydrogen) atoms. The van der Waals surface area contributed by atoms with Gasteiger partial charge in [-0.05, 0) is 58.2 Å². The van der Waals surface area contributed by atoms with Crippen molar-refractivity contribution in [3.05, 3.63) is 63.4 Å². The molecular weight excluding hydrogens is 425 g/mol. The average molecular weight is 445 g/mol. The van der Waals surface area contributed by atoms with E-state index in [1.165, 1.54) is 5.56 Å². The molecule has 1 amide bonds. The third-order valence-corrected chi connectivity index (χ3v) is 6.39. The highest BCUT2D eigenvalue weighted by atomic mass is 127. The lowest BCUT2D eigenvalue weighted by molar-refractivity contribution is 0.0948. The van der Waals surface area contributed by atoms with Crippen LogP contribution >= 0.6 is 22.6 Å². The van der Waals surface area contributed by atoms with Gasteiger partial charge in [0.05, 0.1) is 5.52 Å². The molecule has 0 spiro atoms. The van der Waals surface area contributed by atoms with Gasteiger partial charge in [-0.25, -0.2) is 0 Å². The molecular formula is C20H20IN3O. The van der Waals surface area contributed by atoms with E-state index in [1.807, 2.05) is 24.3 Å². The SMILES string of the molecule is CC1(C)CC1(CNC(=O)c1ccc2[nH]nc(I)c2c1)c1ccccc1. The van der Waals surface area contributed by atoms with Crippen LogP contribution in [0.1, 0.15) is 36.2 Å². The fourth-order valence-corrected chi connectivity index (χ4v) is 4.39. The summed E-state index contributed by atoms with van der Waals surface area (Å²) in [5, 5.41) is 11.3. The summed E-state index contributed by atoms with van der Waals surface area (Å²) in [5.74, 6) is -0.0306. The van der Waals surface area contributed by atoms with Crippen molar-refractivity contribution in [3.8, 4) is 0 Å². The van der Waals surface area contributed by atoms with Crippen LogP contribution in [0.25, 0.3) is 10.9 Å². The highest BCUT2D eigenvalue weighted by Gasteiger charge is 2.61. The normalized spacial score (nSPS) is 21.2. The number of fused-ring (bicyclic) bond motifs is 1. The Morgan fingerprint density at radius 3 is 2.64 bits per heavy atom. The molecule has 128 valence electrons. The van der Waals surface area contributed by atoms with Gasteiger partial charge in [0.25, 0.3) is 5.91 Å². The highest BCUT2D eigenvalue weighted by molar-refractivity contribution is 14.1. The second-order valence-corrected chi connectivity index (χ2v) is 8.49. The maximum absolute atomic E-state index is 12.7. The van der Waals surface area contributed by atoms with Crippen molar-refractivity contribution in [3.63, 3.8) is 0 Å². The van der Waals surface area contributed by atoms with Crippen molar-refractivity contribution in [2.24, 2.45) is 5.41 Å². The number of carbonyl (C=O) groups excluding carboxylic acids is 1. The Hall–Kier alpha value is -1.89. The summed E-state index contributed by atoms with van der Waals surface area (Å²) in [6.07, 6.45) is 1.09. The molecule has 2 N–H and O–H groups in total. The average Bonchev–Trinajstić information content (AvgIpc) is 3.00. The number of rotatable bonds is 4. The number of aromatic amines is 1. The third-order valence-electron chi connectivity index (χ3n) is 5.57. The number of H-pyrrole nitrogens is 1. The van der Waals surface area contributed by atoms with Crippen LogP contribution in [-0.4, -0.2) is 22.6 Å². The van der Waals surface area contributed by atoms with Gasteiger partial charge in [0.15, 0.2) is 0 Å². The monoisotopic (exact) mass is 445 g/mol. The predicted molar refractivity (Wildman–Crippen MR) is 108 cm³/mol. The highest BCUT2D eigenvalue weighted by Crippen LogP contribution is 2.63. The molecule has 1 unspecified atom stereocenters. The first-order valence-corrected chi connectivity index (χ1v) is 9.48. The van der Waals surface area contributed by atoms with Crippen molar-refractivity contribution in [2.45, 2.75) is 25.7 Å². The molecule has 0 saturated heterocycles. The van der Waals surface area contributed by atoms with Gasteiger partial charge in [0.2, 0.25) is 0 Å². The number of amides is 1. The summed E-state index contributed by atoms with van der Waals surface area (Å²) in [6, 6.07) is 16.2. The second-order valence-electron chi connectivity index (χ2n) is 7.47. The largest absolute Gasteiger partial charge is 0.351 e. The first-order chi connectivity index (χ1) is 11.9. The topological polar surface area (TPSA) is 57.8 Å². The van der Waals surface area contributed by atoms with E-state index >= 15 is 0 Å². The maximum Gasteiger partial charge on any atom is 0.251 e. The van der Waals surface area contributed by atoms with Crippen LogP contribution in [-0.2, 0) is 5.41 Å². The number of halogens is 1. The molecule has 4 nitrogen and oxygen atoms in total. The zero-order valence-corrected chi connectivity index (χ0v) is 16.4. The van der Waals surface area contributed by atoms with Crippen LogP contribution < -0.4 is 5.32 Å². The van der Waals surface area contributed by atoms with E-state index in [1.54, 1.807) is 0 Å². The maximum atomic E-state index is 12.7. The van der Waals surface area contributed by atoms with Crippen molar-refractivity contribution >= 4 is 39.4 Å². The summed E-state index contributed by atoms with van der Waals surface area (Å²) in [5.41, 5.74) is 3.16. The number of nitrogens with one attached hydrogen (secondary N) is 2. The fourth-order valence-electron chi connectivity index (χ4n) is 3.82. The summed E-state index contributed by atoms with van der Waals surface area (Å²) in [4.78, 5) is 12.7. The Labute approximate surface area is 160 Å². The Bertz CT molecular complexity index is 948. The zero-order valence-electron chi connectivity index (χ0n) is 14.3. The molecule has 5 heteroatoms. The molecule has 1 aliphatic carbocycles. The van der Waals surface area contributed by atoms with E-state index in [4.69, 9.17) is 0 Å². The van der Waals surface area contributed by atoms with Gasteiger partial charge >= 0.3 is 0 Å². The Balaban J connectivity index is 1.55. The fraction of sp³-hybridized carbons (Fsp3) is 0.300. The van der Waals surface area contributed by atoms with E-state index in [0.29, 0.717) is 12.1 Å². The summed E-state index contributed by atoms with van der Waals surface area (Å²) in [7, 11) is 0. The lowest BCUT2D eigenvalue weighted by Crippen LogP contribution is -2.34. The summed E-state index contributed by atoms with van der Waals surface area (Å²) < 4.78 is 0.881. The molecule has 0 aliphatic heterocycles. The van der Waals surface area contributed by atoms with Crippen molar-refractivity contribution in [1.82, 2.24) is 15.5 Å². The van der Waals surface area contributed by atoms with Crippen LogP contribution in [0.2, 0.25) is 0 Å². The predicted octanol–water partition coefficient (Wildman–Crippen LogP) is 4.27. The van der Waals surface area contributed by atoms with E-state index in [9.17, 15) is 4.79 Å². The lowest BCUT2D eigenvalue weighted by Gasteiger charge is -2.22. The number of hydrogen-bond acceptors (Lipinski definition) is 2. The quantitative estimate of drug-likeness (QED) is 0.590. The molecule has 1 atom stereocenters. The first kappa shape index (κ1) is 16.6. The Morgan fingerprint density at radius 2 is 1.96 bits per heavy atom. The minimum atomic E-state index is -0.0306. The van der Waals surface area contributed by atoms with E-state index in [-0.39, 0.29) is 16.7 Å². The lowest BCUT2D eigenvalue weighted by atomic mass is 9.87. The van der Waals surface area contributed by atoms with Crippen molar-refractivity contribution in [2.75, 3.05) is 6.54 Å². The van der Waals surface area contributed by atoms with Crippen LogP contribution in [0.4, 0.5) is 0 Å². The van der Waals surface area contributed by atoms with Gasteiger partial charge in [0, 0.05) is 22.9 Å². The standard InChI is InChI=1S/C20H20IN3O/c1-19(2)11-20(19,14-6-4-3-5-7-14)12-22-18(25)13-8-9-16-15(10-13)17(21)24-23-16/h3-10H,11-12H2,1-2H3,(H,22,25)(H,23,24). The molecule has 4 rings (SSSR count). The number of hydrogen-bond donors (Lipinski definition) is 2. The molecule has 1 aromatic heterocycles. The molecule has 0 bridgehead atoms. The Morgan fingerprint density at radius 1 is 1.24 bits per heavy atom. The molecule has 2 aromatic carbocycles. The Kier molecular flexibility index (Phi) is 3.86. The minimum Gasteiger partial charge on any atom is -0.351 e. The van der Waals surface area contributed by atoms with Crippen LogP contribution in [0, 0.1) is 9.12 Å². The number of nitrogens with zero attached hydrogens (tertiary/aromatic N) is 1. The summed E-state index contributed by atoms with van der Waals surface area (Å²) in [6.45, 7) is 5.20. The van der Waals surface area contributed by atoms with Crippen LogP contribution in [0.3, 0.4) is 0 Å². The van der Waals surface area contributed by atoms with Crippen LogP contribution in [0.15, 0.2) is 48.5 Å². The van der Waals surface area contributed by atoms with Gasteiger partial charge in [-0.3, -0.25) is 9.89 Å². The van der Waals surface area contributed by atoms with E-state index < -0.39 is 0 Å². The van der Waals surface area contributed by atoms with Crippen molar-refractivity contribution < 1.29 is 4.79 Å². The zero-order chi connectivity index (χ0) is 17.7. The van der Waals surface area contributed by atoms with Gasteiger partial charge in [-0.2, -0.15) is 5.10 Å². The number of aromatic nitrogens is 2. The smallest absolute Gasteiger partial charge is 0.251 e. The number of benzene rings is 2. The van der Waals surface area contributed by atoms with Gasteiger partial charge in [0.1, 0.15) is 3.70 Å². The molecule has 1 heterocycles. The molecule has 1 aliphatic rings. The summed E-state index contributed by atoms with van der Waals surface area (Å²) >= 11 is 2.18. The van der Waals surface area contributed by atoms with Gasteiger partial charge in [-0.15, -0.1) is 0 Å². The molecule has 0 radical (unpaired) electrons. The molecule has 1 fully saturated rings.